The quantitative estimate of drug-likeness (QED) is 0.345. The number of hydrogen-bond donors (Lipinski definition) is 0. The lowest BCUT2D eigenvalue weighted by Crippen LogP contribution is -2.21. The Bertz CT molecular complexity index is 472. The number of ether oxygens (including phenoxy) is 3. The Balaban J connectivity index is 1.96. The third kappa shape index (κ3) is 3.81. The van der Waals surface area contributed by atoms with Crippen LogP contribution in [0.25, 0.3) is 0 Å². The average Bonchev–Trinajstić information content (AvgIpc) is 3.25. The van der Waals surface area contributed by atoms with E-state index < -0.39 is 12.2 Å². The Morgan fingerprint density at radius 3 is 2.50 bits per heavy atom. The lowest BCUT2D eigenvalue weighted by atomic mass is 10.2. The minimum Gasteiger partial charge on any atom is -0.479 e. The molecule has 0 bridgehead atoms. The Hall–Kier alpha value is -1.88. The number of carbonyl (C=O) groups excluding carboxylic acids is 1. The molecule has 20 heavy (non-hydrogen) atoms. The summed E-state index contributed by atoms with van der Waals surface area (Å²) < 4.78 is 15.7. The third-order valence-corrected chi connectivity index (χ3v) is 2.81. The molecule has 2 atom stereocenters. The average molecular weight is 277 g/mol. The molecule has 108 valence electrons. The molecular weight excluding hydrogens is 258 g/mol. The van der Waals surface area contributed by atoms with Crippen LogP contribution in [0, 0.1) is 0 Å². The zero-order valence-electron chi connectivity index (χ0n) is 11.7. The molecule has 1 aromatic carbocycles. The fourth-order valence-electron chi connectivity index (χ4n) is 1.82. The molecule has 0 radical (unpaired) electrons. The first-order valence-corrected chi connectivity index (χ1v) is 6.79. The van der Waals surface area contributed by atoms with Crippen LogP contribution in [0.1, 0.15) is 19.4 Å². The molecule has 1 heterocycles. The second-order valence-electron chi connectivity index (χ2n) is 4.30. The van der Waals surface area contributed by atoms with E-state index in [1.54, 1.807) is 6.92 Å². The summed E-state index contributed by atoms with van der Waals surface area (Å²) in [4.78, 5) is 15.9. The maximum absolute atomic E-state index is 11.5. The molecule has 5 nitrogen and oxygen atoms in total. The topological polar surface area (TPSA) is 60.4 Å². The van der Waals surface area contributed by atoms with Gasteiger partial charge in [-0.1, -0.05) is 30.3 Å². The Morgan fingerprint density at radius 2 is 1.85 bits per heavy atom. The van der Waals surface area contributed by atoms with Crippen molar-refractivity contribution in [3.05, 3.63) is 35.9 Å². The Kier molecular flexibility index (Phi) is 5.12. The standard InChI is InChI=1S/C15H19NO4/c1-3-18-14(12-13(20-12)15(17)19-4-2)16-10-11-8-6-5-7-9-11/h5-9,12-13H,3-4,10H2,1-2H3. The van der Waals surface area contributed by atoms with Gasteiger partial charge in [-0.15, -0.1) is 0 Å². The summed E-state index contributed by atoms with van der Waals surface area (Å²) in [6.07, 6.45) is -0.978. The maximum atomic E-state index is 11.5. The van der Waals surface area contributed by atoms with E-state index in [4.69, 9.17) is 14.2 Å². The van der Waals surface area contributed by atoms with Gasteiger partial charge in [-0.25, -0.2) is 9.79 Å². The predicted octanol–water partition coefficient (Wildman–Crippen LogP) is 1.95. The van der Waals surface area contributed by atoms with E-state index in [9.17, 15) is 4.79 Å². The van der Waals surface area contributed by atoms with Crippen molar-refractivity contribution in [1.29, 1.82) is 0 Å². The molecule has 2 unspecified atom stereocenters. The molecule has 0 spiro atoms. The van der Waals surface area contributed by atoms with Gasteiger partial charge in [0.25, 0.3) is 0 Å². The van der Waals surface area contributed by atoms with Crippen molar-refractivity contribution < 1.29 is 19.0 Å². The highest BCUT2D eigenvalue weighted by Gasteiger charge is 2.51. The summed E-state index contributed by atoms with van der Waals surface area (Å²) >= 11 is 0. The van der Waals surface area contributed by atoms with Gasteiger partial charge in [0, 0.05) is 0 Å². The van der Waals surface area contributed by atoms with E-state index in [0.29, 0.717) is 25.7 Å². The number of aliphatic imine (C=N–C) groups is 1. The van der Waals surface area contributed by atoms with Crippen LogP contribution < -0.4 is 0 Å². The van der Waals surface area contributed by atoms with E-state index in [1.165, 1.54) is 0 Å². The van der Waals surface area contributed by atoms with Crippen molar-refractivity contribution in [2.45, 2.75) is 32.6 Å². The van der Waals surface area contributed by atoms with Gasteiger partial charge in [0.15, 0.2) is 12.2 Å². The second-order valence-corrected chi connectivity index (χ2v) is 4.30. The minimum absolute atomic E-state index is 0.344. The smallest absolute Gasteiger partial charge is 0.338 e. The monoisotopic (exact) mass is 277 g/mol. The zero-order valence-corrected chi connectivity index (χ0v) is 11.7. The van der Waals surface area contributed by atoms with Crippen molar-refractivity contribution in [1.82, 2.24) is 0 Å². The number of nitrogens with zero attached hydrogens (tertiary/aromatic N) is 1. The van der Waals surface area contributed by atoms with Gasteiger partial charge in [-0.05, 0) is 19.4 Å². The Morgan fingerprint density at radius 1 is 1.15 bits per heavy atom. The summed E-state index contributed by atoms with van der Waals surface area (Å²) in [5, 5.41) is 0. The number of carbonyl (C=O) groups is 1. The van der Waals surface area contributed by atoms with Crippen LogP contribution in [0.5, 0.6) is 0 Å². The SMILES string of the molecule is CCOC(=O)C1OC1C(=NCc1ccccc1)OCC. The van der Waals surface area contributed by atoms with E-state index in [2.05, 4.69) is 4.99 Å². The van der Waals surface area contributed by atoms with Gasteiger partial charge in [-0.2, -0.15) is 0 Å². The number of benzene rings is 1. The molecule has 0 N–H and O–H groups in total. The van der Waals surface area contributed by atoms with E-state index in [0.717, 1.165) is 5.56 Å². The Labute approximate surface area is 118 Å². The van der Waals surface area contributed by atoms with Gasteiger partial charge in [0.1, 0.15) is 0 Å². The molecular formula is C15H19NO4. The van der Waals surface area contributed by atoms with Gasteiger partial charge >= 0.3 is 5.97 Å². The van der Waals surface area contributed by atoms with E-state index in [1.807, 2.05) is 37.3 Å². The molecule has 0 amide bonds. The van der Waals surface area contributed by atoms with Gasteiger partial charge in [0.05, 0.1) is 19.8 Å². The summed E-state index contributed by atoms with van der Waals surface area (Å²) in [6.45, 7) is 4.98. The summed E-state index contributed by atoms with van der Waals surface area (Å²) in [5.41, 5.74) is 1.08. The highest BCUT2D eigenvalue weighted by molar-refractivity contribution is 5.92. The fraction of sp³-hybridized carbons (Fsp3) is 0.467. The van der Waals surface area contributed by atoms with Crippen molar-refractivity contribution in [2.75, 3.05) is 13.2 Å². The number of hydrogen-bond acceptors (Lipinski definition) is 5. The van der Waals surface area contributed by atoms with E-state index >= 15 is 0 Å². The van der Waals surface area contributed by atoms with Crippen LogP contribution in [0.3, 0.4) is 0 Å². The minimum atomic E-state index is -0.573. The molecule has 1 aromatic rings. The number of epoxide rings is 1. The van der Waals surface area contributed by atoms with Crippen LogP contribution in [-0.4, -0.2) is 37.3 Å². The molecule has 0 aromatic heterocycles. The van der Waals surface area contributed by atoms with E-state index in [-0.39, 0.29) is 5.97 Å². The van der Waals surface area contributed by atoms with Crippen molar-refractivity contribution in [3.8, 4) is 0 Å². The van der Waals surface area contributed by atoms with Crippen molar-refractivity contribution >= 4 is 11.9 Å². The molecule has 1 aliphatic heterocycles. The molecule has 2 rings (SSSR count). The molecule has 0 aliphatic carbocycles. The van der Waals surface area contributed by atoms with Crippen LogP contribution in [-0.2, 0) is 25.5 Å². The molecule has 1 fully saturated rings. The molecule has 0 saturated carbocycles. The van der Waals surface area contributed by atoms with Gasteiger partial charge < -0.3 is 14.2 Å². The summed E-state index contributed by atoms with van der Waals surface area (Å²) in [7, 11) is 0. The molecule has 1 aliphatic rings. The van der Waals surface area contributed by atoms with Crippen LogP contribution in [0.15, 0.2) is 35.3 Å². The largest absolute Gasteiger partial charge is 0.479 e. The second kappa shape index (κ2) is 7.05. The normalized spacial score (nSPS) is 21.4. The lowest BCUT2D eigenvalue weighted by Gasteiger charge is -2.05. The first kappa shape index (κ1) is 14.5. The van der Waals surface area contributed by atoms with Crippen molar-refractivity contribution in [3.63, 3.8) is 0 Å². The van der Waals surface area contributed by atoms with Crippen molar-refractivity contribution in [2.24, 2.45) is 4.99 Å². The van der Waals surface area contributed by atoms with Crippen LogP contribution in [0.2, 0.25) is 0 Å². The lowest BCUT2D eigenvalue weighted by molar-refractivity contribution is -0.144. The molecule has 5 heteroatoms. The highest BCUT2D eigenvalue weighted by Crippen LogP contribution is 2.26. The van der Waals surface area contributed by atoms with Gasteiger partial charge in [0.2, 0.25) is 5.90 Å². The zero-order chi connectivity index (χ0) is 14.4. The summed E-state index contributed by atoms with van der Waals surface area (Å²) in [6, 6.07) is 9.85. The molecule has 1 saturated heterocycles. The third-order valence-electron chi connectivity index (χ3n) is 2.81. The summed E-state index contributed by atoms with van der Waals surface area (Å²) in [5.74, 6) is 0.110. The highest BCUT2D eigenvalue weighted by atomic mass is 16.7. The maximum Gasteiger partial charge on any atom is 0.338 e. The van der Waals surface area contributed by atoms with Gasteiger partial charge in [-0.3, -0.25) is 0 Å². The first-order chi connectivity index (χ1) is 9.76. The van der Waals surface area contributed by atoms with Crippen LogP contribution in [0.4, 0.5) is 0 Å². The predicted molar refractivity (Wildman–Crippen MR) is 74.5 cm³/mol. The number of esters is 1. The fourth-order valence-corrected chi connectivity index (χ4v) is 1.82. The first-order valence-electron chi connectivity index (χ1n) is 6.79. The number of rotatable bonds is 6. The van der Waals surface area contributed by atoms with Crippen LogP contribution >= 0.6 is 0 Å².